The molecular formula is C16H16O2. The summed E-state index contributed by atoms with van der Waals surface area (Å²) in [7, 11) is 1.70. The Morgan fingerprint density at radius 2 is 1.67 bits per heavy atom. The molecule has 0 radical (unpaired) electrons. The highest BCUT2D eigenvalue weighted by Crippen LogP contribution is 2.50. The molecule has 2 aromatic carbocycles. The number of hydrogen-bond donors (Lipinski definition) is 0. The van der Waals surface area contributed by atoms with Crippen LogP contribution in [0.25, 0.3) is 0 Å². The van der Waals surface area contributed by atoms with Gasteiger partial charge in [0.05, 0.1) is 7.11 Å². The zero-order valence-corrected chi connectivity index (χ0v) is 10.9. The lowest BCUT2D eigenvalue weighted by molar-refractivity contribution is 0.372. The summed E-state index contributed by atoms with van der Waals surface area (Å²) in [6, 6.07) is 14.1. The van der Waals surface area contributed by atoms with Gasteiger partial charge < -0.3 is 9.47 Å². The first-order valence-corrected chi connectivity index (χ1v) is 6.09. The molecule has 1 aliphatic rings. The van der Waals surface area contributed by atoms with Gasteiger partial charge in [-0.1, -0.05) is 38.1 Å². The third kappa shape index (κ3) is 1.42. The van der Waals surface area contributed by atoms with Crippen LogP contribution in [0.5, 0.6) is 17.2 Å². The lowest BCUT2D eigenvalue weighted by Gasteiger charge is -2.35. The average molecular weight is 240 g/mol. The van der Waals surface area contributed by atoms with Gasteiger partial charge in [-0.15, -0.1) is 0 Å². The van der Waals surface area contributed by atoms with E-state index in [1.54, 1.807) is 7.11 Å². The maximum atomic E-state index is 5.98. The maximum absolute atomic E-state index is 5.98. The van der Waals surface area contributed by atoms with Crippen molar-refractivity contribution in [3.05, 3.63) is 53.6 Å². The molecule has 0 bridgehead atoms. The van der Waals surface area contributed by atoms with Gasteiger partial charge in [-0.3, -0.25) is 0 Å². The van der Waals surface area contributed by atoms with E-state index in [0.717, 1.165) is 22.8 Å². The smallest absolute Gasteiger partial charge is 0.135 e. The van der Waals surface area contributed by atoms with Crippen LogP contribution in [0, 0.1) is 0 Å². The van der Waals surface area contributed by atoms with Gasteiger partial charge in [0.15, 0.2) is 0 Å². The van der Waals surface area contributed by atoms with Crippen LogP contribution in [0.3, 0.4) is 0 Å². The Morgan fingerprint density at radius 3 is 2.44 bits per heavy atom. The number of hydrogen-bond acceptors (Lipinski definition) is 2. The van der Waals surface area contributed by atoms with Crippen molar-refractivity contribution >= 4 is 0 Å². The first-order chi connectivity index (χ1) is 8.64. The third-order valence-corrected chi connectivity index (χ3v) is 3.61. The molecule has 0 spiro atoms. The molecule has 1 heterocycles. The SMILES string of the molecule is COc1cccc2c1C(C)(C)c1ccccc1O2. The quantitative estimate of drug-likeness (QED) is 0.746. The molecule has 92 valence electrons. The van der Waals surface area contributed by atoms with Gasteiger partial charge in [0.2, 0.25) is 0 Å². The van der Waals surface area contributed by atoms with E-state index in [0.29, 0.717) is 0 Å². The molecule has 1 aliphatic heterocycles. The molecule has 0 saturated carbocycles. The van der Waals surface area contributed by atoms with Crippen LogP contribution in [-0.4, -0.2) is 7.11 Å². The van der Waals surface area contributed by atoms with Crippen molar-refractivity contribution in [3.63, 3.8) is 0 Å². The van der Waals surface area contributed by atoms with Crippen LogP contribution >= 0.6 is 0 Å². The standard InChI is InChI=1S/C16H16O2/c1-16(2)11-7-4-5-8-12(11)18-14-10-6-9-13(17-3)15(14)16/h4-10H,1-3H3. The van der Waals surface area contributed by atoms with Crippen LogP contribution in [-0.2, 0) is 5.41 Å². The Hall–Kier alpha value is -1.96. The summed E-state index contributed by atoms with van der Waals surface area (Å²) in [5, 5.41) is 0. The summed E-state index contributed by atoms with van der Waals surface area (Å²) in [5.74, 6) is 2.70. The molecule has 2 aromatic rings. The zero-order valence-electron chi connectivity index (χ0n) is 10.9. The van der Waals surface area contributed by atoms with Gasteiger partial charge in [0.1, 0.15) is 17.2 Å². The van der Waals surface area contributed by atoms with E-state index >= 15 is 0 Å². The number of benzene rings is 2. The normalized spacial score (nSPS) is 15.3. The van der Waals surface area contributed by atoms with Crippen LogP contribution in [0.4, 0.5) is 0 Å². The number of ether oxygens (including phenoxy) is 2. The highest BCUT2D eigenvalue weighted by atomic mass is 16.5. The van der Waals surface area contributed by atoms with E-state index in [-0.39, 0.29) is 5.41 Å². The fourth-order valence-corrected chi connectivity index (χ4v) is 2.71. The minimum absolute atomic E-state index is 0.114. The van der Waals surface area contributed by atoms with E-state index in [1.807, 2.05) is 36.4 Å². The van der Waals surface area contributed by atoms with Crippen molar-refractivity contribution in [1.82, 2.24) is 0 Å². The largest absolute Gasteiger partial charge is 0.496 e. The van der Waals surface area contributed by atoms with E-state index < -0.39 is 0 Å². The van der Waals surface area contributed by atoms with Gasteiger partial charge in [-0.05, 0) is 18.2 Å². The minimum atomic E-state index is -0.114. The van der Waals surface area contributed by atoms with E-state index in [1.165, 1.54) is 5.56 Å². The van der Waals surface area contributed by atoms with Crippen molar-refractivity contribution in [3.8, 4) is 17.2 Å². The van der Waals surface area contributed by atoms with Crippen molar-refractivity contribution < 1.29 is 9.47 Å². The van der Waals surface area contributed by atoms with Gasteiger partial charge in [0, 0.05) is 16.5 Å². The summed E-state index contributed by atoms with van der Waals surface area (Å²) in [6.07, 6.45) is 0. The molecule has 2 heteroatoms. The molecule has 0 aliphatic carbocycles. The van der Waals surface area contributed by atoms with Crippen LogP contribution in [0.15, 0.2) is 42.5 Å². The molecule has 0 unspecified atom stereocenters. The zero-order chi connectivity index (χ0) is 12.8. The van der Waals surface area contributed by atoms with Crippen molar-refractivity contribution in [2.24, 2.45) is 0 Å². The van der Waals surface area contributed by atoms with Crippen LogP contribution < -0.4 is 9.47 Å². The van der Waals surface area contributed by atoms with Crippen LogP contribution in [0.2, 0.25) is 0 Å². The Kier molecular flexibility index (Phi) is 2.34. The average Bonchev–Trinajstić information content (AvgIpc) is 2.38. The van der Waals surface area contributed by atoms with Crippen LogP contribution in [0.1, 0.15) is 25.0 Å². The summed E-state index contributed by atoms with van der Waals surface area (Å²) >= 11 is 0. The first-order valence-electron chi connectivity index (χ1n) is 6.09. The Bertz CT molecular complexity index is 600. The van der Waals surface area contributed by atoms with E-state index in [4.69, 9.17) is 9.47 Å². The molecule has 0 aromatic heterocycles. The molecule has 0 fully saturated rings. The Balaban J connectivity index is 2.29. The van der Waals surface area contributed by atoms with Crippen molar-refractivity contribution in [2.45, 2.75) is 19.3 Å². The molecule has 0 saturated heterocycles. The maximum Gasteiger partial charge on any atom is 0.135 e. The summed E-state index contributed by atoms with van der Waals surface area (Å²) in [5.41, 5.74) is 2.20. The molecule has 0 N–H and O–H groups in total. The molecule has 2 nitrogen and oxygen atoms in total. The topological polar surface area (TPSA) is 18.5 Å². The highest BCUT2D eigenvalue weighted by Gasteiger charge is 2.36. The van der Waals surface area contributed by atoms with Crippen molar-refractivity contribution in [2.75, 3.05) is 7.11 Å². The first kappa shape index (κ1) is 11.1. The van der Waals surface area contributed by atoms with Crippen molar-refractivity contribution in [1.29, 1.82) is 0 Å². The van der Waals surface area contributed by atoms with Gasteiger partial charge in [-0.25, -0.2) is 0 Å². The summed E-state index contributed by atoms with van der Waals surface area (Å²) in [6.45, 7) is 4.41. The molecule has 3 rings (SSSR count). The lowest BCUT2D eigenvalue weighted by atomic mass is 9.75. The predicted molar refractivity (Wildman–Crippen MR) is 71.6 cm³/mol. The third-order valence-electron chi connectivity index (χ3n) is 3.61. The minimum Gasteiger partial charge on any atom is -0.496 e. The second-order valence-corrected chi connectivity index (χ2v) is 5.06. The molecule has 0 amide bonds. The second kappa shape index (κ2) is 3.77. The Morgan fingerprint density at radius 1 is 0.944 bits per heavy atom. The molecular weight excluding hydrogens is 224 g/mol. The summed E-state index contributed by atoms with van der Waals surface area (Å²) < 4.78 is 11.5. The number of rotatable bonds is 1. The van der Waals surface area contributed by atoms with Gasteiger partial charge >= 0.3 is 0 Å². The number of methoxy groups -OCH3 is 1. The van der Waals surface area contributed by atoms with E-state index in [9.17, 15) is 0 Å². The monoisotopic (exact) mass is 240 g/mol. The predicted octanol–water partition coefficient (Wildman–Crippen LogP) is 4.13. The molecule has 18 heavy (non-hydrogen) atoms. The lowest BCUT2D eigenvalue weighted by Crippen LogP contribution is -2.25. The number of fused-ring (bicyclic) bond motifs is 2. The summed E-state index contributed by atoms with van der Waals surface area (Å²) in [4.78, 5) is 0. The van der Waals surface area contributed by atoms with Gasteiger partial charge in [-0.2, -0.15) is 0 Å². The Labute approximate surface area is 107 Å². The molecule has 0 atom stereocenters. The van der Waals surface area contributed by atoms with Gasteiger partial charge in [0.25, 0.3) is 0 Å². The highest BCUT2D eigenvalue weighted by molar-refractivity contribution is 5.61. The van der Waals surface area contributed by atoms with E-state index in [2.05, 4.69) is 19.9 Å². The fraction of sp³-hybridized carbons (Fsp3) is 0.250. The second-order valence-electron chi connectivity index (χ2n) is 5.06. The fourth-order valence-electron chi connectivity index (χ4n) is 2.71. The number of para-hydroxylation sites is 1.